The highest BCUT2D eigenvalue weighted by Crippen LogP contribution is 2.28. The van der Waals surface area contributed by atoms with Crippen LogP contribution in [0.3, 0.4) is 0 Å². The molecule has 23 heavy (non-hydrogen) atoms. The summed E-state index contributed by atoms with van der Waals surface area (Å²) in [7, 11) is 0. The van der Waals surface area contributed by atoms with Gasteiger partial charge in [0.15, 0.2) is 6.61 Å². The van der Waals surface area contributed by atoms with E-state index in [0.717, 1.165) is 32.1 Å². The van der Waals surface area contributed by atoms with Crippen molar-refractivity contribution in [2.75, 3.05) is 13.2 Å². The molecule has 1 aromatic carbocycles. The molecule has 0 heterocycles. The average molecular weight is 322 g/mol. The van der Waals surface area contributed by atoms with Crippen LogP contribution in [0.25, 0.3) is 0 Å². The number of hydrogen-bond donors (Lipinski definition) is 2. The second-order valence-electron chi connectivity index (χ2n) is 5.79. The summed E-state index contributed by atoms with van der Waals surface area (Å²) < 4.78 is 5.25. The number of ether oxygens (including phenoxy) is 1. The predicted molar refractivity (Wildman–Crippen MR) is 84.2 cm³/mol. The number of nitrogens with zero attached hydrogens (tertiary/aromatic N) is 1. The Kier molecular flexibility index (Phi) is 6.34. The van der Waals surface area contributed by atoms with Gasteiger partial charge in [-0.3, -0.25) is 14.9 Å². The van der Waals surface area contributed by atoms with E-state index in [1.54, 1.807) is 6.07 Å². The van der Waals surface area contributed by atoms with Crippen LogP contribution in [0.4, 0.5) is 5.69 Å². The lowest BCUT2D eigenvalue weighted by Gasteiger charge is -2.14. The molecule has 0 aliphatic heterocycles. The van der Waals surface area contributed by atoms with Gasteiger partial charge >= 0.3 is 0 Å². The van der Waals surface area contributed by atoms with Gasteiger partial charge in [-0.2, -0.15) is 0 Å². The van der Waals surface area contributed by atoms with Crippen molar-refractivity contribution in [2.24, 2.45) is 5.92 Å². The Morgan fingerprint density at radius 3 is 2.96 bits per heavy atom. The van der Waals surface area contributed by atoms with Gasteiger partial charge < -0.3 is 15.2 Å². The second-order valence-corrected chi connectivity index (χ2v) is 5.79. The van der Waals surface area contributed by atoms with E-state index in [0.29, 0.717) is 18.2 Å². The van der Waals surface area contributed by atoms with Gasteiger partial charge in [0.25, 0.3) is 11.6 Å². The first-order valence-corrected chi connectivity index (χ1v) is 7.88. The molecule has 0 bridgehead atoms. The first kappa shape index (κ1) is 17.2. The molecule has 2 rings (SSSR count). The summed E-state index contributed by atoms with van der Waals surface area (Å²) in [6.07, 6.45) is 4.56. The van der Waals surface area contributed by atoms with Crippen molar-refractivity contribution in [3.63, 3.8) is 0 Å². The Morgan fingerprint density at radius 2 is 2.26 bits per heavy atom. The molecular formula is C16H22N2O5. The van der Waals surface area contributed by atoms with Gasteiger partial charge in [0.05, 0.1) is 17.1 Å². The Labute approximate surface area is 134 Å². The van der Waals surface area contributed by atoms with Crippen molar-refractivity contribution >= 4 is 11.6 Å². The van der Waals surface area contributed by atoms with Gasteiger partial charge in [0.2, 0.25) is 0 Å². The van der Waals surface area contributed by atoms with E-state index in [4.69, 9.17) is 4.74 Å². The highest BCUT2D eigenvalue weighted by atomic mass is 16.6. The van der Waals surface area contributed by atoms with Crippen molar-refractivity contribution in [1.82, 2.24) is 5.32 Å². The maximum atomic E-state index is 11.7. The normalized spacial score (nSPS) is 20.2. The Bertz CT molecular complexity index is 549. The third-order valence-electron chi connectivity index (χ3n) is 4.09. The SMILES string of the molecule is O=C(COc1cccc([N+](=O)[O-])c1)NCCC[C@@H]1CCC[C@@H]1O. The molecule has 0 unspecified atom stereocenters. The fraction of sp³-hybridized carbons (Fsp3) is 0.562. The quantitative estimate of drug-likeness (QED) is 0.433. The summed E-state index contributed by atoms with van der Waals surface area (Å²) in [6.45, 7) is 0.369. The third kappa shape index (κ3) is 5.52. The van der Waals surface area contributed by atoms with Crippen LogP contribution < -0.4 is 10.1 Å². The third-order valence-corrected chi connectivity index (χ3v) is 4.09. The van der Waals surface area contributed by atoms with Gasteiger partial charge in [-0.05, 0) is 37.7 Å². The largest absolute Gasteiger partial charge is 0.484 e. The number of amides is 1. The first-order valence-electron chi connectivity index (χ1n) is 7.88. The van der Waals surface area contributed by atoms with Crippen LogP contribution in [0.5, 0.6) is 5.75 Å². The summed E-state index contributed by atoms with van der Waals surface area (Å²) >= 11 is 0. The fourth-order valence-corrected chi connectivity index (χ4v) is 2.83. The van der Waals surface area contributed by atoms with E-state index in [1.165, 1.54) is 18.2 Å². The first-order chi connectivity index (χ1) is 11.1. The maximum Gasteiger partial charge on any atom is 0.273 e. The van der Waals surface area contributed by atoms with Crippen LogP contribution in [0.1, 0.15) is 32.1 Å². The molecule has 2 atom stereocenters. The number of nitrogens with one attached hydrogen (secondary N) is 1. The van der Waals surface area contributed by atoms with Crippen molar-refractivity contribution in [1.29, 1.82) is 0 Å². The number of aliphatic hydroxyl groups excluding tert-OH is 1. The van der Waals surface area contributed by atoms with Crippen molar-refractivity contribution in [3.05, 3.63) is 34.4 Å². The maximum absolute atomic E-state index is 11.7. The zero-order valence-electron chi connectivity index (χ0n) is 12.9. The monoisotopic (exact) mass is 322 g/mol. The van der Waals surface area contributed by atoms with Crippen LogP contribution in [-0.2, 0) is 4.79 Å². The molecule has 1 aromatic rings. The lowest BCUT2D eigenvalue weighted by atomic mass is 10.00. The summed E-state index contributed by atoms with van der Waals surface area (Å²) in [5, 5.41) is 23.1. The number of carbonyl (C=O) groups is 1. The molecule has 1 fully saturated rings. The molecule has 7 nitrogen and oxygen atoms in total. The summed E-state index contributed by atoms with van der Waals surface area (Å²) in [5.41, 5.74) is -0.0713. The molecular weight excluding hydrogens is 300 g/mol. The molecule has 0 aromatic heterocycles. The van der Waals surface area contributed by atoms with E-state index in [2.05, 4.69) is 5.32 Å². The molecule has 0 spiro atoms. The van der Waals surface area contributed by atoms with Gasteiger partial charge in [-0.1, -0.05) is 12.5 Å². The molecule has 1 saturated carbocycles. The average Bonchev–Trinajstić information content (AvgIpc) is 2.95. The number of aliphatic hydroxyl groups is 1. The molecule has 1 aliphatic carbocycles. The molecule has 2 N–H and O–H groups in total. The number of non-ortho nitro benzene ring substituents is 1. The zero-order chi connectivity index (χ0) is 16.7. The molecule has 126 valence electrons. The van der Waals surface area contributed by atoms with Gasteiger partial charge in [-0.25, -0.2) is 0 Å². The summed E-state index contributed by atoms with van der Waals surface area (Å²) in [5.74, 6) is 0.389. The highest BCUT2D eigenvalue weighted by Gasteiger charge is 2.24. The molecule has 7 heteroatoms. The number of nitro benzene ring substituents is 1. The minimum Gasteiger partial charge on any atom is -0.484 e. The fourth-order valence-electron chi connectivity index (χ4n) is 2.83. The van der Waals surface area contributed by atoms with E-state index in [1.807, 2.05) is 0 Å². The molecule has 0 radical (unpaired) electrons. The van der Waals surface area contributed by atoms with Crippen molar-refractivity contribution < 1.29 is 19.6 Å². The van der Waals surface area contributed by atoms with Crippen molar-refractivity contribution in [3.8, 4) is 5.75 Å². The Morgan fingerprint density at radius 1 is 1.43 bits per heavy atom. The second kappa shape index (κ2) is 8.47. The van der Waals surface area contributed by atoms with Gasteiger partial charge in [0.1, 0.15) is 5.75 Å². The Hall–Kier alpha value is -2.15. The molecule has 0 saturated heterocycles. The van der Waals surface area contributed by atoms with Gasteiger partial charge in [0, 0.05) is 12.6 Å². The van der Waals surface area contributed by atoms with E-state index >= 15 is 0 Å². The minimum atomic E-state index is -0.510. The van der Waals surface area contributed by atoms with E-state index in [9.17, 15) is 20.0 Å². The molecule has 1 amide bonds. The number of rotatable bonds is 8. The highest BCUT2D eigenvalue weighted by molar-refractivity contribution is 5.77. The van der Waals surface area contributed by atoms with Crippen LogP contribution in [0, 0.1) is 16.0 Å². The standard InChI is InChI=1S/C16H22N2O5/c19-15-8-1-4-12(15)5-3-9-17-16(20)11-23-14-7-2-6-13(10-14)18(21)22/h2,6-7,10,12,15,19H,1,3-5,8-9,11H2,(H,17,20)/t12-,15-/m0/s1. The predicted octanol–water partition coefficient (Wildman–Crippen LogP) is 2.03. The minimum absolute atomic E-state index is 0.0713. The molecule has 1 aliphatic rings. The zero-order valence-corrected chi connectivity index (χ0v) is 12.9. The lowest BCUT2D eigenvalue weighted by Crippen LogP contribution is -2.30. The van der Waals surface area contributed by atoms with Crippen molar-refractivity contribution in [2.45, 2.75) is 38.2 Å². The Balaban J connectivity index is 1.63. The lowest BCUT2D eigenvalue weighted by molar-refractivity contribution is -0.384. The number of benzene rings is 1. The number of nitro groups is 1. The van der Waals surface area contributed by atoms with Crippen LogP contribution in [0.2, 0.25) is 0 Å². The van der Waals surface area contributed by atoms with E-state index in [-0.39, 0.29) is 24.3 Å². The van der Waals surface area contributed by atoms with Gasteiger partial charge in [-0.15, -0.1) is 0 Å². The summed E-state index contributed by atoms with van der Waals surface area (Å²) in [4.78, 5) is 21.8. The number of hydrogen-bond acceptors (Lipinski definition) is 5. The summed E-state index contributed by atoms with van der Waals surface area (Å²) in [6, 6.07) is 5.74. The number of carbonyl (C=O) groups excluding carboxylic acids is 1. The smallest absolute Gasteiger partial charge is 0.273 e. The topological polar surface area (TPSA) is 102 Å². The van der Waals surface area contributed by atoms with Crippen LogP contribution in [-0.4, -0.2) is 35.2 Å². The van der Waals surface area contributed by atoms with Crippen LogP contribution in [0.15, 0.2) is 24.3 Å². The van der Waals surface area contributed by atoms with E-state index < -0.39 is 4.92 Å². The van der Waals surface area contributed by atoms with Crippen LogP contribution >= 0.6 is 0 Å².